The molecule has 2 nitrogen and oxygen atoms in total. The molecule has 0 rings (SSSR count). The van der Waals surface area contributed by atoms with Crippen LogP contribution in [0.4, 0.5) is 0 Å². The van der Waals surface area contributed by atoms with E-state index in [9.17, 15) is 0 Å². The highest BCUT2D eigenvalue weighted by Crippen LogP contribution is 2.06. The van der Waals surface area contributed by atoms with Gasteiger partial charge in [0.05, 0.1) is 0 Å². The van der Waals surface area contributed by atoms with Crippen LogP contribution in [-0.2, 0) is 0 Å². The zero-order chi connectivity index (χ0) is 11.7. The quantitative estimate of drug-likeness (QED) is 0.519. The topological polar surface area (TPSA) is 24.1 Å². The van der Waals surface area contributed by atoms with E-state index in [0.29, 0.717) is 6.04 Å². The normalized spacial score (nSPS) is 12.6. The van der Waals surface area contributed by atoms with Crippen LogP contribution in [0.25, 0.3) is 0 Å². The van der Waals surface area contributed by atoms with Crippen LogP contribution >= 0.6 is 12.2 Å². The third-order valence-corrected chi connectivity index (χ3v) is 2.63. The number of nitrogens with one attached hydrogen (secondary N) is 2. The largest absolute Gasteiger partial charge is 0.363 e. The lowest BCUT2D eigenvalue weighted by Gasteiger charge is -2.17. The van der Waals surface area contributed by atoms with Gasteiger partial charge in [0.15, 0.2) is 5.11 Å². The molecule has 0 fully saturated rings. The maximum atomic E-state index is 5.20. The molecule has 15 heavy (non-hydrogen) atoms. The van der Waals surface area contributed by atoms with Crippen molar-refractivity contribution in [2.45, 2.75) is 59.4 Å². The van der Waals surface area contributed by atoms with Gasteiger partial charge in [-0.25, -0.2) is 0 Å². The van der Waals surface area contributed by atoms with E-state index < -0.39 is 0 Å². The SMILES string of the molecule is CCCCNC(=S)NC(C)CCC(C)C. The zero-order valence-corrected chi connectivity index (χ0v) is 11.4. The van der Waals surface area contributed by atoms with Gasteiger partial charge in [0.25, 0.3) is 0 Å². The highest BCUT2D eigenvalue weighted by Gasteiger charge is 2.04. The third kappa shape index (κ3) is 9.98. The summed E-state index contributed by atoms with van der Waals surface area (Å²) in [6.45, 7) is 9.87. The first kappa shape index (κ1) is 14.7. The molecule has 0 aliphatic rings. The molecule has 0 aromatic rings. The van der Waals surface area contributed by atoms with Crippen LogP contribution in [0.5, 0.6) is 0 Å². The lowest BCUT2D eigenvalue weighted by atomic mass is 10.0. The van der Waals surface area contributed by atoms with Gasteiger partial charge in [-0.2, -0.15) is 0 Å². The standard InChI is InChI=1S/C12H26N2S/c1-5-6-9-13-12(15)14-11(4)8-7-10(2)3/h10-11H,5-9H2,1-4H3,(H2,13,14,15). The predicted molar refractivity (Wildman–Crippen MR) is 72.2 cm³/mol. The van der Waals surface area contributed by atoms with Crippen molar-refractivity contribution in [3.05, 3.63) is 0 Å². The number of thiocarbonyl (C=S) groups is 1. The monoisotopic (exact) mass is 230 g/mol. The Bertz CT molecular complexity index is 169. The molecule has 0 aliphatic heterocycles. The molecular weight excluding hydrogens is 204 g/mol. The van der Waals surface area contributed by atoms with Crippen molar-refractivity contribution >= 4 is 17.3 Å². The van der Waals surface area contributed by atoms with E-state index in [1.807, 2.05) is 0 Å². The maximum absolute atomic E-state index is 5.20. The average molecular weight is 230 g/mol. The summed E-state index contributed by atoms with van der Waals surface area (Å²) in [5.41, 5.74) is 0. The van der Waals surface area contributed by atoms with E-state index in [0.717, 1.165) is 17.6 Å². The fourth-order valence-electron chi connectivity index (χ4n) is 1.31. The predicted octanol–water partition coefficient (Wildman–Crippen LogP) is 3.08. The van der Waals surface area contributed by atoms with Gasteiger partial charge in [-0.3, -0.25) is 0 Å². The molecule has 1 atom stereocenters. The van der Waals surface area contributed by atoms with Crippen LogP contribution in [0.2, 0.25) is 0 Å². The van der Waals surface area contributed by atoms with Crippen molar-refractivity contribution in [1.82, 2.24) is 10.6 Å². The van der Waals surface area contributed by atoms with E-state index in [1.165, 1.54) is 25.7 Å². The Morgan fingerprint density at radius 1 is 1.20 bits per heavy atom. The number of hydrogen-bond acceptors (Lipinski definition) is 1. The summed E-state index contributed by atoms with van der Waals surface area (Å²) >= 11 is 5.20. The summed E-state index contributed by atoms with van der Waals surface area (Å²) in [7, 11) is 0. The first-order valence-corrected chi connectivity index (χ1v) is 6.51. The molecule has 0 amide bonds. The Kier molecular flexibility index (Phi) is 8.77. The maximum Gasteiger partial charge on any atom is 0.166 e. The van der Waals surface area contributed by atoms with Crippen LogP contribution in [0.1, 0.15) is 53.4 Å². The molecule has 0 aliphatic carbocycles. The Morgan fingerprint density at radius 2 is 1.87 bits per heavy atom. The summed E-state index contributed by atoms with van der Waals surface area (Å²) in [6, 6.07) is 0.481. The van der Waals surface area contributed by atoms with Gasteiger partial charge in [0, 0.05) is 12.6 Å². The van der Waals surface area contributed by atoms with Gasteiger partial charge >= 0.3 is 0 Å². The minimum atomic E-state index is 0.481. The minimum absolute atomic E-state index is 0.481. The van der Waals surface area contributed by atoms with Gasteiger partial charge in [-0.1, -0.05) is 27.2 Å². The molecule has 1 unspecified atom stereocenters. The van der Waals surface area contributed by atoms with Crippen molar-refractivity contribution in [2.75, 3.05) is 6.54 Å². The molecule has 0 radical (unpaired) electrons. The molecule has 0 aromatic heterocycles. The highest BCUT2D eigenvalue weighted by atomic mass is 32.1. The minimum Gasteiger partial charge on any atom is -0.363 e. The van der Waals surface area contributed by atoms with Crippen LogP contribution in [-0.4, -0.2) is 17.7 Å². The van der Waals surface area contributed by atoms with Gasteiger partial charge in [0.2, 0.25) is 0 Å². The fraction of sp³-hybridized carbons (Fsp3) is 0.917. The Hall–Kier alpha value is -0.310. The van der Waals surface area contributed by atoms with Gasteiger partial charge < -0.3 is 10.6 Å². The second-order valence-corrected chi connectivity index (χ2v) is 5.03. The van der Waals surface area contributed by atoms with Crippen molar-refractivity contribution in [2.24, 2.45) is 5.92 Å². The second-order valence-electron chi connectivity index (χ2n) is 4.63. The van der Waals surface area contributed by atoms with E-state index in [1.54, 1.807) is 0 Å². The molecule has 3 heteroatoms. The molecule has 2 N–H and O–H groups in total. The van der Waals surface area contributed by atoms with Gasteiger partial charge in [0.1, 0.15) is 0 Å². The van der Waals surface area contributed by atoms with E-state index >= 15 is 0 Å². The van der Waals surface area contributed by atoms with Crippen molar-refractivity contribution in [3.63, 3.8) is 0 Å². The Labute approximate surface area is 100 Å². The van der Waals surface area contributed by atoms with Crippen molar-refractivity contribution in [3.8, 4) is 0 Å². The molecule has 0 saturated heterocycles. The number of rotatable bonds is 7. The molecule has 90 valence electrons. The van der Waals surface area contributed by atoms with E-state index in [4.69, 9.17) is 12.2 Å². The van der Waals surface area contributed by atoms with E-state index in [2.05, 4.69) is 38.3 Å². The third-order valence-electron chi connectivity index (χ3n) is 2.37. The molecule has 0 bridgehead atoms. The summed E-state index contributed by atoms with van der Waals surface area (Å²) in [5, 5.41) is 7.34. The second kappa shape index (κ2) is 8.96. The molecule has 0 spiro atoms. The van der Waals surface area contributed by atoms with Crippen molar-refractivity contribution < 1.29 is 0 Å². The number of unbranched alkanes of at least 4 members (excludes halogenated alkanes) is 1. The zero-order valence-electron chi connectivity index (χ0n) is 10.6. The van der Waals surface area contributed by atoms with Gasteiger partial charge in [-0.05, 0) is 44.3 Å². The fourth-order valence-corrected chi connectivity index (χ4v) is 1.61. The Morgan fingerprint density at radius 3 is 2.40 bits per heavy atom. The van der Waals surface area contributed by atoms with Crippen molar-refractivity contribution in [1.29, 1.82) is 0 Å². The lowest BCUT2D eigenvalue weighted by molar-refractivity contribution is 0.491. The summed E-state index contributed by atoms with van der Waals surface area (Å²) in [5.74, 6) is 0.774. The number of hydrogen-bond donors (Lipinski definition) is 2. The lowest BCUT2D eigenvalue weighted by Crippen LogP contribution is -2.40. The van der Waals surface area contributed by atoms with E-state index in [-0.39, 0.29) is 0 Å². The molecule has 0 saturated carbocycles. The summed E-state index contributed by atoms with van der Waals surface area (Å²) < 4.78 is 0. The summed E-state index contributed by atoms with van der Waals surface area (Å²) in [4.78, 5) is 0. The van der Waals surface area contributed by atoms with Crippen LogP contribution < -0.4 is 10.6 Å². The van der Waals surface area contributed by atoms with Gasteiger partial charge in [-0.15, -0.1) is 0 Å². The first-order valence-electron chi connectivity index (χ1n) is 6.10. The highest BCUT2D eigenvalue weighted by molar-refractivity contribution is 7.80. The van der Waals surface area contributed by atoms with Crippen LogP contribution in [0.3, 0.4) is 0 Å². The summed E-state index contributed by atoms with van der Waals surface area (Å²) in [6.07, 6.45) is 4.83. The molecule has 0 heterocycles. The molecular formula is C12H26N2S. The van der Waals surface area contributed by atoms with Crippen LogP contribution in [0, 0.1) is 5.92 Å². The average Bonchev–Trinajstić information content (AvgIpc) is 2.15. The first-order chi connectivity index (χ1) is 7.06. The smallest absolute Gasteiger partial charge is 0.166 e. The Balaban J connectivity index is 3.49. The van der Waals surface area contributed by atoms with Crippen LogP contribution in [0.15, 0.2) is 0 Å². The molecule has 0 aromatic carbocycles.